The van der Waals surface area contributed by atoms with Crippen LogP contribution in [-0.2, 0) is 9.47 Å². The highest BCUT2D eigenvalue weighted by Gasteiger charge is 2.39. The van der Waals surface area contributed by atoms with Crippen LogP contribution in [-0.4, -0.2) is 59.6 Å². The molecule has 1 fully saturated rings. The smallest absolute Gasteiger partial charge is 0.114 e. The predicted molar refractivity (Wildman–Crippen MR) is 123 cm³/mol. The van der Waals surface area contributed by atoms with Crippen LogP contribution < -0.4 is 0 Å². The predicted octanol–water partition coefficient (Wildman–Crippen LogP) is 4.91. The van der Waals surface area contributed by atoms with E-state index in [1.807, 2.05) is 6.08 Å². The summed E-state index contributed by atoms with van der Waals surface area (Å²) in [6.45, 7) is 2.87. The van der Waals surface area contributed by atoms with Gasteiger partial charge in [0.2, 0.25) is 0 Å². The first-order valence-electron chi connectivity index (χ1n) is 12.5. The number of hydrogen-bond donors (Lipinski definition) is 3. The molecular weight excluding hydrogens is 380 g/mol. The highest BCUT2D eigenvalue weighted by atomic mass is 16.5. The van der Waals surface area contributed by atoms with Gasteiger partial charge in [0.05, 0.1) is 19.8 Å². The molecule has 0 aromatic heterocycles. The molecular formula is C25H48O5. The lowest BCUT2D eigenvalue weighted by atomic mass is 10.0. The second-order valence-corrected chi connectivity index (χ2v) is 8.82. The molecule has 1 aliphatic rings. The highest BCUT2D eigenvalue weighted by molar-refractivity contribution is 4.88. The lowest BCUT2D eigenvalue weighted by Gasteiger charge is -2.20. The molecule has 0 aromatic carbocycles. The molecule has 3 N–H and O–H groups in total. The van der Waals surface area contributed by atoms with E-state index < -0.39 is 24.4 Å². The van der Waals surface area contributed by atoms with Crippen LogP contribution in [0.4, 0.5) is 0 Å². The Morgan fingerprint density at radius 2 is 1.37 bits per heavy atom. The molecule has 5 nitrogen and oxygen atoms in total. The minimum absolute atomic E-state index is 0.0575. The van der Waals surface area contributed by atoms with Crippen molar-refractivity contribution < 1.29 is 24.8 Å². The zero-order valence-corrected chi connectivity index (χ0v) is 19.4. The van der Waals surface area contributed by atoms with E-state index in [0.717, 1.165) is 6.42 Å². The molecule has 4 atom stereocenters. The van der Waals surface area contributed by atoms with Gasteiger partial charge in [0, 0.05) is 0 Å². The van der Waals surface area contributed by atoms with Crippen molar-refractivity contribution in [1.82, 2.24) is 0 Å². The highest BCUT2D eigenvalue weighted by Crippen LogP contribution is 2.18. The molecule has 178 valence electrons. The van der Waals surface area contributed by atoms with Crippen LogP contribution in [0.1, 0.15) is 103 Å². The minimum Gasteiger partial charge on any atom is -0.388 e. The largest absolute Gasteiger partial charge is 0.388 e. The van der Waals surface area contributed by atoms with Crippen LogP contribution in [0.3, 0.4) is 0 Å². The molecule has 0 bridgehead atoms. The average molecular weight is 429 g/mol. The van der Waals surface area contributed by atoms with E-state index in [-0.39, 0.29) is 13.2 Å². The number of aliphatic hydroxyl groups excluding tert-OH is 3. The van der Waals surface area contributed by atoms with E-state index in [2.05, 4.69) is 13.0 Å². The molecule has 0 radical (unpaired) electrons. The summed E-state index contributed by atoms with van der Waals surface area (Å²) >= 11 is 0. The van der Waals surface area contributed by atoms with Gasteiger partial charge < -0.3 is 24.8 Å². The molecule has 0 spiro atoms. The summed E-state index contributed by atoms with van der Waals surface area (Å²) in [4.78, 5) is 0. The lowest BCUT2D eigenvalue weighted by molar-refractivity contribution is -0.0782. The fraction of sp³-hybridized carbons (Fsp3) is 0.920. The first-order chi connectivity index (χ1) is 14.7. The van der Waals surface area contributed by atoms with Gasteiger partial charge in [-0.3, -0.25) is 0 Å². The van der Waals surface area contributed by atoms with Crippen molar-refractivity contribution in [2.75, 3.05) is 19.8 Å². The fourth-order valence-electron chi connectivity index (χ4n) is 3.96. The van der Waals surface area contributed by atoms with Crippen LogP contribution in [0, 0.1) is 0 Å². The van der Waals surface area contributed by atoms with Crippen molar-refractivity contribution in [2.24, 2.45) is 0 Å². The zero-order chi connectivity index (χ0) is 21.9. The second kappa shape index (κ2) is 19.2. The average Bonchev–Trinajstić information content (AvgIpc) is 3.08. The molecule has 1 aliphatic heterocycles. The van der Waals surface area contributed by atoms with Crippen LogP contribution in [0.25, 0.3) is 0 Å². The number of unbranched alkanes of at least 4 members (excludes halogenated alkanes) is 14. The summed E-state index contributed by atoms with van der Waals surface area (Å²) in [5.41, 5.74) is 0. The van der Waals surface area contributed by atoms with Gasteiger partial charge in [0.15, 0.2) is 0 Å². The van der Waals surface area contributed by atoms with E-state index in [1.54, 1.807) is 0 Å². The molecule has 30 heavy (non-hydrogen) atoms. The maximum Gasteiger partial charge on any atom is 0.114 e. The number of aliphatic hydroxyl groups is 3. The van der Waals surface area contributed by atoms with Crippen molar-refractivity contribution in [3.8, 4) is 0 Å². The third-order valence-electron chi connectivity index (χ3n) is 5.96. The lowest BCUT2D eigenvalue weighted by Crippen LogP contribution is -2.40. The van der Waals surface area contributed by atoms with E-state index in [4.69, 9.17) is 9.47 Å². The van der Waals surface area contributed by atoms with Gasteiger partial charge in [-0.05, 0) is 12.8 Å². The normalized spacial score (nSPS) is 22.9. The van der Waals surface area contributed by atoms with Crippen molar-refractivity contribution in [2.45, 2.75) is 128 Å². The maximum absolute atomic E-state index is 9.94. The van der Waals surface area contributed by atoms with Gasteiger partial charge in [-0.2, -0.15) is 0 Å². The van der Waals surface area contributed by atoms with Gasteiger partial charge in [-0.1, -0.05) is 103 Å². The van der Waals surface area contributed by atoms with Gasteiger partial charge in [0.25, 0.3) is 0 Å². The van der Waals surface area contributed by atoms with Gasteiger partial charge in [-0.15, -0.1) is 0 Å². The Morgan fingerprint density at radius 1 is 0.833 bits per heavy atom. The van der Waals surface area contributed by atoms with Gasteiger partial charge >= 0.3 is 0 Å². The number of ether oxygens (including phenoxy) is 2. The Balaban J connectivity index is 1.78. The Morgan fingerprint density at radius 3 is 1.87 bits per heavy atom. The van der Waals surface area contributed by atoms with Crippen LogP contribution in [0.2, 0.25) is 0 Å². The minimum atomic E-state index is -1.04. The first-order valence-corrected chi connectivity index (χ1v) is 12.5. The molecule has 0 saturated carbocycles. The molecule has 1 heterocycles. The summed E-state index contributed by atoms with van der Waals surface area (Å²) in [6.07, 6.45) is 20.8. The maximum atomic E-state index is 9.94. The Bertz CT molecular complexity index is 401. The van der Waals surface area contributed by atoms with Gasteiger partial charge in [-0.25, -0.2) is 0 Å². The number of allylic oxidation sites excluding steroid dienone is 1. The van der Waals surface area contributed by atoms with E-state index >= 15 is 0 Å². The summed E-state index contributed by atoms with van der Waals surface area (Å²) in [6, 6.07) is 0. The van der Waals surface area contributed by atoms with Gasteiger partial charge in [0.1, 0.15) is 24.4 Å². The molecule has 0 aromatic rings. The second-order valence-electron chi connectivity index (χ2n) is 8.82. The molecule has 0 aliphatic carbocycles. The Kier molecular flexibility index (Phi) is 17.7. The molecule has 5 heteroatoms. The van der Waals surface area contributed by atoms with E-state index in [9.17, 15) is 15.3 Å². The van der Waals surface area contributed by atoms with Crippen molar-refractivity contribution in [3.63, 3.8) is 0 Å². The third kappa shape index (κ3) is 13.8. The summed E-state index contributed by atoms with van der Waals surface area (Å²) in [5.74, 6) is 0. The number of hydrogen-bond acceptors (Lipinski definition) is 5. The van der Waals surface area contributed by atoms with Crippen LogP contribution in [0.5, 0.6) is 0 Å². The fourth-order valence-corrected chi connectivity index (χ4v) is 3.96. The molecule has 1 rings (SSSR count). The van der Waals surface area contributed by atoms with Crippen molar-refractivity contribution in [1.29, 1.82) is 0 Å². The first kappa shape index (κ1) is 27.6. The van der Waals surface area contributed by atoms with Crippen molar-refractivity contribution >= 4 is 0 Å². The zero-order valence-electron chi connectivity index (χ0n) is 19.4. The van der Waals surface area contributed by atoms with E-state index in [0.29, 0.717) is 6.61 Å². The monoisotopic (exact) mass is 428 g/mol. The SMILES string of the molecule is CCCCCCCCCCCCCCCC/C=C/COC[C@@H](O)[C@H]1OC[C@H](O)[C@H]1O. The van der Waals surface area contributed by atoms with Crippen LogP contribution in [0.15, 0.2) is 12.2 Å². The Labute approximate surface area is 184 Å². The molecule has 0 unspecified atom stereocenters. The van der Waals surface area contributed by atoms with Crippen molar-refractivity contribution in [3.05, 3.63) is 12.2 Å². The third-order valence-corrected chi connectivity index (χ3v) is 5.96. The standard InChI is InChI=1S/C25H48O5/c1-2-3-4-5-6-7-8-9-10-11-12-13-14-15-16-17-18-19-29-20-23(27)25-24(28)22(26)21-30-25/h17-18,22-28H,2-16,19-21H2,1H3/b18-17+/t22-,23+,24+,25+/m0/s1. The summed E-state index contributed by atoms with van der Waals surface area (Å²) in [7, 11) is 0. The van der Waals surface area contributed by atoms with E-state index in [1.165, 1.54) is 89.9 Å². The number of rotatable bonds is 20. The topological polar surface area (TPSA) is 79.2 Å². The molecule has 1 saturated heterocycles. The van der Waals surface area contributed by atoms with Crippen LogP contribution >= 0.6 is 0 Å². The molecule has 0 amide bonds. The summed E-state index contributed by atoms with van der Waals surface area (Å²) in [5, 5.41) is 29.0. The Hall–Kier alpha value is -0.460. The summed E-state index contributed by atoms with van der Waals surface area (Å²) < 4.78 is 10.6. The quantitative estimate of drug-likeness (QED) is 0.190.